The lowest BCUT2D eigenvalue weighted by Gasteiger charge is -2.30. The minimum absolute atomic E-state index is 0.0537. The van der Waals surface area contributed by atoms with Gasteiger partial charge in [-0.1, -0.05) is 24.3 Å². The molecule has 1 amide bonds. The van der Waals surface area contributed by atoms with Gasteiger partial charge < -0.3 is 14.2 Å². The van der Waals surface area contributed by atoms with E-state index in [0.717, 1.165) is 25.9 Å². The SMILES string of the molecule is O=C(C1CCN(c2nc3ccc(F)cc3o2)C1)N1CCc2ccccc2C1. The van der Waals surface area contributed by atoms with Crippen molar-refractivity contribution in [1.29, 1.82) is 0 Å². The highest BCUT2D eigenvalue weighted by Gasteiger charge is 2.34. The monoisotopic (exact) mass is 365 g/mol. The Balaban J connectivity index is 1.29. The quantitative estimate of drug-likeness (QED) is 0.699. The van der Waals surface area contributed by atoms with E-state index in [1.807, 2.05) is 15.9 Å². The van der Waals surface area contributed by atoms with Crippen LogP contribution >= 0.6 is 0 Å². The molecule has 3 heterocycles. The van der Waals surface area contributed by atoms with Crippen molar-refractivity contribution in [3.8, 4) is 0 Å². The summed E-state index contributed by atoms with van der Waals surface area (Å²) in [6, 6.07) is 13.1. The Morgan fingerprint density at radius 3 is 2.89 bits per heavy atom. The average molecular weight is 365 g/mol. The number of hydrogen-bond acceptors (Lipinski definition) is 4. The highest BCUT2D eigenvalue weighted by molar-refractivity contribution is 5.81. The maximum Gasteiger partial charge on any atom is 0.298 e. The van der Waals surface area contributed by atoms with Gasteiger partial charge in [0.15, 0.2) is 5.58 Å². The zero-order valence-corrected chi connectivity index (χ0v) is 14.9. The number of benzene rings is 2. The molecule has 5 nitrogen and oxygen atoms in total. The van der Waals surface area contributed by atoms with E-state index in [9.17, 15) is 9.18 Å². The number of aromatic nitrogens is 1. The lowest BCUT2D eigenvalue weighted by molar-refractivity contribution is -0.135. The number of amides is 1. The summed E-state index contributed by atoms with van der Waals surface area (Å²) >= 11 is 0. The Morgan fingerprint density at radius 2 is 2.00 bits per heavy atom. The predicted octanol–water partition coefficient (Wildman–Crippen LogP) is 3.38. The third-order valence-electron chi connectivity index (χ3n) is 5.59. The summed E-state index contributed by atoms with van der Waals surface area (Å²) in [7, 11) is 0. The van der Waals surface area contributed by atoms with Gasteiger partial charge in [-0.3, -0.25) is 4.79 Å². The first-order valence-corrected chi connectivity index (χ1v) is 9.34. The van der Waals surface area contributed by atoms with E-state index in [1.54, 1.807) is 6.07 Å². The molecule has 3 aromatic rings. The fourth-order valence-corrected chi connectivity index (χ4v) is 4.10. The van der Waals surface area contributed by atoms with Crippen molar-refractivity contribution in [2.45, 2.75) is 19.4 Å². The highest BCUT2D eigenvalue weighted by atomic mass is 19.1. The van der Waals surface area contributed by atoms with Gasteiger partial charge in [0.2, 0.25) is 5.91 Å². The molecule has 5 rings (SSSR count). The number of halogens is 1. The first-order chi connectivity index (χ1) is 13.2. The molecule has 27 heavy (non-hydrogen) atoms. The molecule has 0 bridgehead atoms. The summed E-state index contributed by atoms with van der Waals surface area (Å²) in [6.07, 6.45) is 1.69. The first kappa shape index (κ1) is 16.3. The second kappa shape index (κ2) is 6.37. The lowest BCUT2D eigenvalue weighted by atomic mass is 9.98. The van der Waals surface area contributed by atoms with Crippen LogP contribution in [0.5, 0.6) is 0 Å². The second-order valence-corrected chi connectivity index (χ2v) is 7.32. The second-order valence-electron chi connectivity index (χ2n) is 7.32. The molecule has 1 aromatic heterocycles. The largest absolute Gasteiger partial charge is 0.423 e. The van der Waals surface area contributed by atoms with E-state index in [2.05, 4.69) is 23.2 Å². The molecule has 1 atom stereocenters. The number of rotatable bonds is 2. The van der Waals surface area contributed by atoms with E-state index in [-0.39, 0.29) is 17.6 Å². The zero-order chi connectivity index (χ0) is 18.4. The van der Waals surface area contributed by atoms with Crippen LogP contribution in [0.1, 0.15) is 17.5 Å². The summed E-state index contributed by atoms with van der Waals surface area (Å²) < 4.78 is 19.1. The van der Waals surface area contributed by atoms with E-state index < -0.39 is 0 Å². The Bertz CT molecular complexity index is 1020. The molecule has 0 aliphatic carbocycles. The van der Waals surface area contributed by atoms with Gasteiger partial charge in [-0.05, 0) is 36.1 Å². The van der Waals surface area contributed by atoms with E-state index in [4.69, 9.17) is 4.42 Å². The van der Waals surface area contributed by atoms with Gasteiger partial charge in [-0.2, -0.15) is 4.98 Å². The van der Waals surface area contributed by atoms with Crippen molar-refractivity contribution < 1.29 is 13.6 Å². The van der Waals surface area contributed by atoms with Crippen LogP contribution in [0.2, 0.25) is 0 Å². The van der Waals surface area contributed by atoms with Gasteiger partial charge in [0, 0.05) is 32.2 Å². The number of anilines is 1. The molecule has 1 saturated heterocycles. The maximum absolute atomic E-state index is 13.4. The standard InChI is InChI=1S/C21H20FN3O2/c22-17-5-6-18-19(11-17)27-21(23-18)25-10-8-16(13-25)20(26)24-9-7-14-3-1-2-4-15(14)12-24/h1-6,11,16H,7-10,12-13H2. The minimum Gasteiger partial charge on any atom is -0.423 e. The first-order valence-electron chi connectivity index (χ1n) is 9.34. The Labute approximate surface area is 156 Å². The van der Waals surface area contributed by atoms with Crippen LogP contribution in [0.3, 0.4) is 0 Å². The fourth-order valence-electron chi connectivity index (χ4n) is 4.10. The Morgan fingerprint density at radius 1 is 1.15 bits per heavy atom. The predicted molar refractivity (Wildman–Crippen MR) is 99.9 cm³/mol. The van der Waals surface area contributed by atoms with Gasteiger partial charge in [0.1, 0.15) is 11.3 Å². The van der Waals surface area contributed by atoms with Crippen molar-refractivity contribution in [1.82, 2.24) is 9.88 Å². The Hall–Kier alpha value is -2.89. The molecular formula is C21H20FN3O2. The van der Waals surface area contributed by atoms with Crippen LogP contribution in [-0.2, 0) is 17.8 Å². The van der Waals surface area contributed by atoms with Gasteiger partial charge in [0.05, 0.1) is 5.92 Å². The average Bonchev–Trinajstić information content (AvgIpc) is 3.33. The normalized spacial score (nSPS) is 19.5. The molecule has 1 unspecified atom stereocenters. The molecule has 0 saturated carbocycles. The molecule has 1 fully saturated rings. The number of nitrogens with zero attached hydrogens (tertiary/aromatic N) is 3. The third-order valence-corrected chi connectivity index (χ3v) is 5.59. The maximum atomic E-state index is 13.4. The number of carbonyl (C=O) groups is 1. The van der Waals surface area contributed by atoms with Crippen molar-refractivity contribution in [3.05, 3.63) is 59.4 Å². The van der Waals surface area contributed by atoms with Crippen molar-refractivity contribution >= 4 is 23.0 Å². The highest BCUT2D eigenvalue weighted by Crippen LogP contribution is 2.29. The van der Waals surface area contributed by atoms with Gasteiger partial charge in [0.25, 0.3) is 6.01 Å². The molecule has 2 aliphatic heterocycles. The summed E-state index contributed by atoms with van der Waals surface area (Å²) in [5.74, 6) is -0.193. The fraction of sp³-hybridized carbons (Fsp3) is 0.333. The summed E-state index contributed by atoms with van der Waals surface area (Å²) in [5.41, 5.74) is 3.66. The van der Waals surface area contributed by atoms with E-state index in [0.29, 0.717) is 30.2 Å². The van der Waals surface area contributed by atoms with Crippen LogP contribution in [0.4, 0.5) is 10.4 Å². The topological polar surface area (TPSA) is 49.6 Å². The van der Waals surface area contributed by atoms with E-state index in [1.165, 1.54) is 23.3 Å². The van der Waals surface area contributed by atoms with Crippen LogP contribution in [0.15, 0.2) is 46.9 Å². The van der Waals surface area contributed by atoms with Crippen molar-refractivity contribution in [2.24, 2.45) is 5.92 Å². The number of carbonyl (C=O) groups excluding carboxylic acids is 1. The molecule has 2 aliphatic rings. The molecule has 0 spiro atoms. The molecule has 6 heteroatoms. The Kier molecular flexibility index (Phi) is 3.85. The zero-order valence-electron chi connectivity index (χ0n) is 14.9. The van der Waals surface area contributed by atoms with Crippen LogP contribution in [0.25, 0.3) is 11.1 Å². The number of hydrogen-bond donors (Lipinski definition) is 0. The van der Waals surface area contributed by atoms with Gasteiger partial charge in [-0.25, -0.2) is 4.39 Å². The molecule has 0 N–H and O–H groups in total. The molecule has 138 valence electrons. The number of fused-ring (bicyclic) bond motifs is 2. The van der Waals surface area contributed by atoms with Gasteiger partial charge >= 0.3 is 0 Å². The van der Waals surface area contributed by atoms with Crippen molar-refractivity contribution in [3.63, 3.8) is 0 Å². The smallest absolute Gasteiger partial charge is 0.298 e. The third kappa shape index (κ3) is 2.95. The van der Waals surface area contributed by atoms with Crippen LogP contribution in [-0.4, -0.2) is 35.4 Å². The van der Waals surface area contributed by atoms with Crippen LogP contribution < -0.4 is 4.90 Å². The van der Waals surface area contributed by atoms with Gasteiger partial charge in [-0.15, -0.1) is 0 Å². The summed E-state index contributed by atoms with van der Waals surface area (Å²) in [5, 5.41) is 0. The number of oxazole rings is 1. The van der Waals surface area contributed by atoms with E-state index >= 15 is 0 Å². The molecular weight excluding hydrogens is 345 g/mol. The minimum atomic E-state index is -0.343. The lowest BCUT2D eigenvalue weighted by Crippen LogP contribution is -2.40. The summed E-state index contributed by atoms with van der Waals surface area (Å²) in [6.45, 7) is 2.77. The van der Waals surface area contributed by atoms with Crippen molar-refractivity contribution in [2.75, 3.05) is 24.5 Å². The molecule has 0 radical (unpaired) electrons. The molecule has 2 aromatic carbocycles. The van der Waals surface area contributed by atoms with Crippen LogP contribution in [0, 0.1) is 11.7 Å². The summed E-state index contributed by atoms with van der Waals surface area (Å²) in [4.78, 5) is 21.4.